The molecule has 7 nitrogen and oxygen atoms in total. The summed E-state index contributed by atoms with van der Waals surface area (Å²) in [5.74, 6) is -1.23. The Morgan fingerprint density at radius 3 is 2.52 bits per heavy atom. The van der Waals surface area contributed by atoms with Crippen LogP contribution in [-0.4, -0.2) is 43.9 Å². The van der Waals surface area contributed by atoms with Crippen molar-refractivity contribution in [2.24, 2.45) is 0 Å². The molecule has 1 aromatic heterocycles. The number of likely N-dealkylation sites (N-methyl/N-ethyl adjacent to an activating group) is 1. The molecule has 0 unspecified atom stereocenters. The van der Waals surface area contributed by atoms with Gasteiger partial charge in [-0.25, -0.2) is 12.8 Å². The van der Waals surface area contributed by atoms with Gasteiger partial charge in [0.05, 0.1) is 13.7 Å². The standard InChI is InChI=1S/C24H24FN3O4S/c1-4-28-20-8-6-5-7-18(20)19-14-17(10-11-21(19)28)26-24(29)15-27(2)33(30,31)23-13-16(25)9-12-22(23)32-3/h5-14H,4,15H2,1-3H3,(H,26,29). The Morgan fingerprint density at radius 2 is 1.79 bits per heavy atom. The number of aryl methyl sites for hydroxylation is 1. The van der Waals surface area contributed by atoms with Gasteiger partial charge in [-0.2, -0.15) is 4.31 Å². The predicted molar refractivity (Wildman–Crippen MR) is 127 cm³/mol. The number of rotatable bonds is 7. The maximum absolute atomic E-state index is 13.7. The predicted octanol–water partition coefficient (Wildman–Crippen LogP) is 4.22. The number of hydrogen-bond acceptors (Lipinski definition) is 4. The number of sulfonamides is 1. The van der Waals surface area contributed by atoms with Crippen LogP contribution in [0.15, 0.2) is 65.6 Å². The van der Waals surface area contributed by atoms with Crippen LogP contribution in [0.5, 0.6) is 5.75 Å². The molecule has 0 bridgehead atoms. The van der Waals surface area contributed by atoms with Crippen LogP contribution in [0, 0.1) is 5.82 Å². The lowest BCUT2D eigenvalue weighted by Crippen LogP contribution is -2.35. The number of halogens is 1. The summed E-state index contributed by atoms with van der Waals surface area (Å²) in [6.45, 7) is 2.43. The van der Waals surface area contributed by atoms with E-state index in [9.17, 15) is 17.6 Å². The SMILES string of the molecule is CCn1c2ccccc2c2cc(NC(=O)CN(C)S(=O)(=O)c3cc(F)ccc3OC)ccc21. The number of anilines is 1. The molecule has 0 atom stereocenters. The highest BCUT2D eigenvalue weighted by Crippen LogP contribution is 2.31. The Balaban J connectivity index is 1.58. The fourth-order valence-corrected chi connectivity index (χ4v) is 5.27. The van der Waals surface area contributed by atoms with Gasteiger partial charge in [0, 0.05) is 41.1 Å². The molecule has 0 radical (unpaired) electrons. The lowest BCUT2D eigenvalue weighted by Gasteiger charge is -2.18. The largest absolute Gasteiger partial charge is 0.495 e. The molecule has 1 N–H and O–H groups in total. The van der Waals surface area contributed by atoms with Crippen LogP contribution in [-0.2, 0) is 21.4 Å². The zero-order valence-corrected chi connectivity index (χ0v) is 19.3. The van der Waals surface area contributed by atoms with E-state index in [2.05, 4.69) is 22.9 Å². The summed E-state index contributed by atoms with van der Waals surface area (Å²) in [6, 6.07) is 16.9. The van der Waals surface area contributed by atoms with Crippen molar-refractivity contribution < 1.29 is 22.3 Å². The molecule has 0 saturated carbocycles. The summed E-state index contributed by atoms with van der Waals surface area (Å²) in [5.41, 5.74) is 2.71. The molecule has 4 aromatic rings. The number of carbonyl (C=O) groups excluding carboxylic acids is 1. The molecule has 0 aliphatic carbocycles. The van der Waals surface area contributed by atoms with E-state index in [1.54, 1.807) is 6.07 Å². The first kappa shape index (κ1) is 22.8. The number of amides is 1. The van der Waals surface area contributed by atoms with E-state index in [4.69, 9.17) is 4.74 Å². The minimum atomic E-state index is -4.15. The Kier molecular flexibility index (Phi) is 6.09. The van der Waals surface area contributed by atoms with Gasteiger partial charge < -0.3 is 14.6 Å². The molecule has 0 spiro atoms. The first-order valence-electron chi connectivity index (χ1n) is 10.4. The third-order valence-corrected chi connectivity index (χ3v) is 7.38. The van der Waals surface area contributed by atoms with Gasteiger partial charge in [-0.05, 0) is 49.4 Å². The quantitative estimate of drug-likeness (QED) is 0.440. The summed E-state index contributed by atoms with van der Waals surface area (Å²) >= 11 is 0. The number of hydrogen-bond donors (Lipinski definition) is 1. The van der Waals surface area contributed by atoms with Gasteiger partial charge in [-0.1, -0.05) is 18.2 Å². The number of ether oxygens (including phenoxy) is 1. The number of benzene rings is 3. The summed E-state index contributed by atoms with van der Waals surface area (Å²) in [7, 11) is -1.59. The molecule has 172 valence electrons. The van der Waals surface area contributed by atoms with Crippen molar-refractivity contribution >= 4 is 43.4 Å². The molecule has 33 heavy (non-hydrogen) atoms. The normalized spacial score (nSPS) is 11.9. The lowest BCUT2D eigenvalue weighted by atomic mass is 10.1. The van der Waals surface area contributed by atoms with Crippen molar-refractivity contribution in [1.82, 2.24) is 8.87 Å². The number of carbonyl (C=O) groups is 1. The van der Waals surface area contributed by atoms with Crippen molar-refractivity contribution in [3.05, 3.63) is 66.5 Å². The van der Waals surface area contributed by atoms with Crippen molar-refractivity contribution in [3.8, 4) is 5.75 Å². The molecule has 4 rings (SSSR count). The Bertz CT molecular complexity index is 1460. The molecule has 0 aliphatic rings. The highest BCUT2D eigenvalue weighted by atomic mass is 32.2. The zero-order valence-electron chi connectivity index (χ0n) is 18.5. The van der Waals surface area contributed by atoms with Crippen LogP contribution < -0.4 is 10.1 Å². The van der Waals surface area contributed by atoms with Gasteiger partial charge in [0.1, 0.15) is 16.5 Å². The van der Waals surface area contributed by atoms with Crippen LogP contribution in [0.3, 0.4) is 0 Å². The molecule has 1 heterocycles. The zero-order chi connectivity index (χ0) is 23.8. The summed E-state index contributed by atoms with van der Waals surface area (Å²) < 4.78 is 47.6. The molecular weight excluding hydrogens is 445 g/mol. The highest BCUT2D eigenvalue weighted by Gasteiger charge is 2.27. The number of para-hydroxylation sites is 1. The number of nitrogens with one attached hydrogen (secondary N) is 1. The van der Waals surface area contributed by atoms with E-state index in [-0.39, 0.29) is 10.6 Å². The van der Waals surface area contributed by atoms with Gasteiger partial charge in [0.2, 0.25) is 15.9 Å². The molecule has 1 amide bonds. The van der Waals surface area contributed by atoms with E-state index in [0.717, 1.165) is 44.8 Å². The lowest BCUT2D eigenvalue weighted by molar-refractivity contribution is -0.116. The van der Waals surface area contributed by atoms with Crippen molar-refractivity contribution in [2.75, 3.05) is 26.0 Å². The highest BCUT2D eigenvalue weighted by molar-refractivity contribution is 7.89. The van der Waals surface area contributed by atoms with E-state index in [1.807, 2.05) is 30.3 Å². The molecular formula is C24H24FN3O4S. The molecule has 0 saturated heterocycles. The van der Waals surface area contributed by atoms with Crippen molar-refractivity contribution in [1.29, 1.82) is 0 Å². The Labute approximate surface area is 191 Å². The molecule has 9 heteroatoms. The Hall–Kier alpha value is -3.43. The third-order valence-electron chi connectivity index (χ3n) is 5.55. The molecule has 0 fully saturated rings. The Morgan fingerprint density at radius 1 is 1.06 bits per heavy atom. The second-order valence-electron chi connectivity index (χ2n) is 7.60. The maximum Gasteiger partial charge on any atom is 0.247 e. The number of aromatic nitrogens is 1. The van der Waals surface area contributed by atoms with Crippen LogP contribution >= 0.6 is 0 Å². The maximum atomic E-state index is 13.7. The average molecular weight is 470 g/mol. The van der Waals surface area contributed by atoms with Crippen molar-refractivity contribution in [2.45, 2.75) is 18.4 Å². The smallest absolute Gasteiger partial charge is 0.247 e. The van der Waals surface area contributed by atoms with E-state index >= 15 is 0 Å². The monoisotopic (exact) mass is 469 g/mol. The van der Waals surface area contributed by atoms with E-state index < -0.39 is 28.3 Å². The second-order valence-corrected chi connectivity index (χ2v) is 9.61. The summed E-state index contributed by atoms with van der Waals surface area (Å²) in [4.78, 5) is 12.3. The van der Waals surface area contributed by atoms with Gasteiger partial charge in [-0.3, -0.25) is 4.79 Å². The fraction of sp³-hybridized carbons (Fsp3) is 0.208. The molecule has 3 aromatic carbocycles. The van der Waals surface area contributed by atoms with Gasteiger partial charge in [0.15, 0.2) is 0 Å². The van der Waals surface area contributed by atoms with Gasteiger partial charge >= 0.3 is 0 Å². The van der Waals surface area contributed by atoms with Gasteiger partial charge in [0.25, 0.3) is 0 Å². The number of nitrogens with zero attached hydrogens (tertiary/aromatic N) is 2. The van der Waals surface area contributed by atoms with Gasteiger partial charge in [-0.15, -0.1) is 0 Å². The third kappa shape index (κ3) is 4.17. The van der Waals surface area contributed by atoms with Crippen LogP contribution in [0.25, 0.3) is 21.8 Å². The number of methoxy groups -OCH3 is 1. The average Bonchev–Trinajstić information content (AvgIpc) is 3.12. The van der Waals surface area contributed by atoms with Crippen LogP contribution in [0.2, 0.25) is 0 Å². The van der Waals surface area contributed by atoms with Crippen LogP contribution in [0.4, 0.5) is 10.1 Å². The minimum absolute atomic E-state index is 0.00132. The van der Waals surface area contributed by atoms with Crippen LogP contribution in [0.1, 0.15) is 6.92 Å². The van der Waals surface area contributed by atoms with E-state index in [0.29, 0.717) is 5.69 Å². The van der Waals surface area contributed by atoms with Crippen molar-refractivity contribution in [3.63, 3.8) is 0 Å². The number of fused-ring (bicyclic) bond motifs is 3. The molecule has 0 aliphatic heterocycles. The summed E-state index contributed by atoms with van der Waals surface area (Å²) in [6.07, 6.45) is 0. The fourth-order valence-electron chi connectivity index (χ4n) is 3.98. The van der Waals surface area contributed by atoms with E-state index in [1.165, 1.54) is 20.2 Å². The second kappa shape index (κ2) is 8.84. The summed E-state index contributed by atoms with van der Waals surface area (Å²) in [5, 5.41) is 4.83. The topological polar surface area (TPSA) is 80.6 Å². The first-order valence-corrected chi connectivity index (χ1v) is 11.8. The minimum Gasteiger partial charge on any atom is -0.495 e. The first-order chi connectivity index (χ1) is 15.8.